The van der Waals surface area contributed by atoms with Gasteiger partial charge in [-0.2, -0.15) is 13.2 Å². The molecule has 0 aliphatic carbocycles. The van der Waals surface area contributed by atoms with Crippen LogP contribution in [0.3, 0.4) is 0 Å². The number of hydrogen-bond acceptors (Lipinski definition) is 2. The molecule has 0 bridgehead atoms. The van der Waals surface area contributed by atoms with Crippen molar-refractivity contribution < 1.29 is 23.1 Å². The Morgan fingerprint density at radius 1 is 1.32 bits per heavy atom. The van der Waals surface area contributed by atoms with Crippen LogP contribution in [0.5, 0.6) is 0 Å². The average molecular weight is 273 g/mol. The van der Waals surface area contributed by atoms with Gasteiger partial charge >= 0.3 is 6.18 Å². The Bertz CT molecular complexity index is 440. The molecule has 0 atom stereocenters. The molecule has 104 valence electrons. The van der Waals surface area contributed by atoms with Crippen molar-refractivity contribution in [3.05, 3.63) is 48.0 Å². The Morgan fingerprint density at radius 3 is 2.32 bits per heavy atom. The molecule has 0 aliphatic heterocycles. The van der Waals surface area contributed by atoms with E-state index in [2.05, 4.69) is 6.58 Å². The first-order valence-electron chi connectivity index (χ1n) is 5.58. The van der Waals surface area contributed by atoms with Gasteiger partial charge in [0, 0.05) is 18.7 Å². The number of halogens is 3. The number of alkyl halides is 3. The lowest BCUT2D eigenvalue weighted by Gasteiger charge is -2.20. The highest BCUT2D eigenvalue weighted by molar-refractivity contribution is 5.94. The van der Waals surface area contributed by atoms with Crippen molar-refractivity contribution in [1.82, 2.24) is 4.90 Å². The quantitative estimate of drug-likeness (QED) is 0.836. The van der Waals surface area contributed by atoms with E-state index in [9.17, 15) is 18.0 Å². The Hall–Kier alpha value is -1.82. The van der Waals surface area contributed by atoms with Gasteiger partial charge in [-0.3, -0.25) is 4.79 Å². The van der Waals surface area contributed by atoms with Crippen LogP contribution in [0.1, 0.15) is 15.9 Å². The SMILES string of the molecule is C=CCN(CCO)C(=O)c1ccc(C(F)(F)F)cc1. The molecule has 0 saturated carbocycles. The van der Waals surface area contributed by atoms with Crippen molar-refractivity contribution in [1.29, 1.82) is 0 Å². The molecule has 1 rings (SSSR count). The van der Waals surface area contributed by atoms with Crippen LogP contribution < -0.4 is 0 Å². The summed E-state index contributed by atoms with van der Waals surface area (Å²) < 4.78 is 37.1. The zero-order valence-electron chi connectivity index (χ0n) is 10.2. The number of benzene rings is 1. The fourth-order valence-electron chi connectivity index (χ4n) is 1.54. The molecular weight excluding hydrogens is 259 g/mol. The summed E-state index contributed by atoms with van der Waals surface area (Å²) in [5, 5.41) is 8.83. The Labute approximate surface area is 109 Å². The number of hydrogen-bond donors (Lipinski definition) is 1. The van der Waals surface area contributed by atoms with Crippen LogP contribution in [-0.4, -0.2) is 35.6 Å². The first-order valence-corrected chi connectivity index (χ1v) is 5.58. The van der Waals surface area contributed by atoms with Crippen LogP contribution in [-0.2, 0) is 6.18 Å². The minimum absolute atomic E-state index is 0.103. The van der Waals surface area contributed by atoms with Crippen LogP contribution in [0.15, 0.2) is 36.9 Å². The Balaban J connectivity index is 2.90. The molecule has 0 unspecified atom stereocenters. The summed E-state index contributed by atoms with van der Waals surface area (Å²) in [4.78, 5) is 13.3. The predicted molar refractivity (Wildman–Crippen MR) is 64.6 cm³/mol. The van der Waals surface area contributed by atoms with Gasteiger partial charge in [0.15, 0.2) is 0 Å². The van der Waals surface area contributed by atoms with Crippen molar-refractivity contribution in [2.75, 3.05) is 19.7 Å². The fraction of sp³-hybridized carbons (Fsp3) is 0.308. The molecule has 0 heterocycles. The van der Waals surface area contributed by atoms with Gasteiger partial charge in [-0.25, -0.2) is 0 Å². The monoisotopic (exact) mass is 273 g/mol. The van der Waals surface area contributed by atoms with Gasteiger partial charge < -0.3 is 10.0 Å². The zero-order valence-corrected chi connectivity index (χ0v) is 10.2. The highest BCUT2D eigenvalue weighted by Crippen LogP contribution is 2.29. The van der Waals surface area contributed by atoms with E-state index in [1.807, 2.05) is 0 Å². The molecule has 6 heteroatoms. The number of carbonyl (C=O) groups is 1. The van der Waals surface area contributed by atoms with Crippen LogP contribution in [0.2, 0.25) is 0 Å². The van der Waals surface area contributed by atoms with E-state index >= 15 is 0 Å². The van der Waals surface area contributed by atoms with Gasteiger partial charge in [0.05, 0.1) is 12.2 Å². The lowest BCUT2D eigenvalue weighted by molar-refractivity contribution is -0.137. The van der Waals surface area contributed by atoms with Crippen molar-refractivity contribution >= 4 is 5.91 Å². The third-order valence-corrected chi connectivity index (χ3v) is 2.47. The number of rotatable bonds is 5. The van der Waals surface area contributed by atoms with E-state index in [0.717, 1.165) is 24.3 Å². The summed E-state index contributed by atoms with van der Waals surface area (Å²) in [5.74, 6) is -0.442. The van der Waals surface area contributed by atoms with Crippen LogP contribution in [0.4, 0.5) is 13.2 Å². The third-order valence-electron chi connectivity index (χ3n) is 2.47. The molecule has 0 fully saturated rings. The fourth-order valence-corrected chi connectivity index (χ4v) is 1.54. The van der Waals surface area contributed by atoms with E-state index in [1.54, 1.807) is 0 Å². The van der Waals surface area contributed by atoms with Crippen molar-refractivity contribution in [2.45, 2.75) is 6.18 Å². The summed E-state index contributed by atoms with van der Waals surface area (Å²) in [7, 11) is 0. The van der Waals surface area contributed by atoms with Gasteiger partial charge in [-0.05, 0) is 24.3 Å². The topological polar surface area (TPSA) is 40.5 Å². The molecule has 1 amide bonds. The molecule has 1 N–H and O–H groups in total. The highest BCUT2D eigenvalue weighted by atomic mass is 19.4. The van der Waals surface area contributed by atoms with E-state index in [0.29, 0.717) is 0 Å². The van der Waals surface area contributed by atoms with Crippen molar-refractivity contribution in [3.63, 3.8) is 0 Å². The van der Waals surface area contributed by atoms with E-state index in [1.165, 1.54) is 11.0 Å². The molecule has 0 radical (unpaired) electrons. The lowest BCUT2D eigenvalue weighted by atomic mass is 10.1. The second-order valence-corrected chi connectivity index (χ2v) is 3.84. The molecule has 1 aromatic carbocycles. The summed E-state index contributed by atoms with van der Waals surface area (Å²) in [6.07, 6.45) is -2.94. The highest BCUT2D eigenvalue weighted by Gasteiger charge is 2.30. The second-order valence-electron chi connectivity index (χ2n) is 3.84. The molecular formula is C13H14F3NO2. The van der Waals surface area contributed by atoms with E-state index in [-0.39, 0.29) is 25.3 Å². The maximum atomic E-state index is 12.4. The number of aliphatic hydroxyl groups is 1. The largest absolute Gasteiger partial charge is 0.416 e. The predicted octanol–water partition coefficient (Wildman–Crippen LogP) is 2.33. The number of nitrogens with zero attached hydrogens (tertiary/aromatic N) is 1. The first kappa shape index (κ1) is 15.2. The molecule has 0 aliphatic rings. The summed E-state index contributed by atoms with van der Waals surface area (Å²) >= 11 is 0. The maximum Gasteiger partial charge on any atom is 0.416 e. The Kier molecular flexibility index (Phi) is 5.11. The molecule has 0 spiro atoms. The summed E-state index contributed by atoms with van der Waals surface area (Å²) in [6, 6.07) is 3.97. The van der Waals surface area contributed by atoms with E-state index < -0.39 is 17.6 Å². The van der Waals surface area contributed by atoms with Gasteiger partial charge in [0.25, 0.3) is 5.91 Å². The van der Waals surface area contributed by atoms with Gasteiger partial charge in [-0.15, -0.1) is 6.58 Å². The molecule has 0 saturated heterocycles. The summed E-state index contributed by atoms with van der Waals surface area (Å²) in [6.45, 7) is 3.58. The van der Waals surface area contributed by atoms with Gasteiger partial charge in [-0.1, -0.05) is 6.08 Å². The van der Waals surface area contributed by atoms with Gasteiger partial charge in [0.1, 0.15) is 0 Å². The lowest BCUT2D eigenvalue weighted by Crippen LogP contribution is -2.33. The minimum atomic E-state index is -4.42. The van der Waals surface area contributed by atoms with Crippen LogP contribution in [0, 0.1) is 0 Å². The van der Waals surface area contributed by atoms with Crippen LogP contribution >= 0.6 is 0 Å². The molecule has 19 heavy (non-hydrogen) atoms. The molecule has 0 aromatic heterocycles. The van der Waals surface area contributed by atoms with Crippen LogP contribution in [0.25, 0.3) is 0 Å². The first-order chi connectivity index (χ1) is 8.90. The number of carbonyl (C=O) groups excluding carboxylic acids is 1. The standard InChI is InChI=1S/C13H14F3NO2/c1-2-7-17(8-9-18)12(19)10-3-5-11(6-4-10)13(14,15)16/h2-6,18H,1,7-9H2. The van der Waals surface area contributed by atoms with Crippen molar-refractivity contribution in [2.24, 2.45) is 0 Å². The second kappa shape index (κ2) is 6.38. The average Bonchev–Trinajstić information content (AvgIpc) is 2.37. The smallest absolute Gasteiger partial charge is 0.395 e. The normalized spacial score (nSPS) is 11.2. The summed E-state index contributed by atoms with van der Waals surface area (Å²) in [5.41, 5.74) is -0.662. The van der Waals surface area contributed by atoms with E-state index in [4.69, 9.17) is 5.11 Å². The Morgan fingerprint density at radius 2 is 1.89 bits per heavy atom. The number of aliphatic hydroxyl groups excluding tert-OH is 1. The van der Waals surface area contributed by atoms with Crippen molar-refractivity contribution in [3.8, 4) is 0 Å². The van der Waals surface area contributed by atoms with Gasteiger partial charge in [0.2, 0.25) is 0 Å². The maximum absolute atomic E-state index is 12.4. The number of amides is 1. The third kappa shape index (κ3) is 4.10. The molecule has 1 aromatic rings. The zero-order chi connectivity index (χ0) is 14.5. The molecule has 3 nitrogen and oxygen atoms in total. The minimum Gasteiger partial charge on any atom is -0.395 e.